The lowest BCUT2D eigenvalue weighted by Crippen LogP contribution is -2.08. The molecule has 0 amide bonds. The number of hydrogen-bond acceptors (Lipinski definition) is 8. The lowest BCUT2D eigenvalue weighted by atomic mass is 10.3. The van der Waals surface area contributed by atoms with Crippen molar-refractivity contribution in [1.29, 1.82) is 0 Å². The van der Waals surface area contributed by atoms with Crippen LogP contribution in [0.2, 0.25) is 0 Å². The summed E-state index contributed by atoms with van der Waals surface area (Å²) >= 11 is 0. The summed E-state index contributed by atoms with van der Waals surface area (Å²) in [6.45, 7) is 0. The normalized spacial score (nSPS) is 11.8. The van der Waals surface area contributed by atoms with Crippen LogP contribution in [0.25, 0.3) is 4.13 Å². The maximum atomic E-state index is 12.1. The van der Waals surface area contributed by atoms with Gasteiger partial charge in [0, 0.05) is 24.3 Å². The minimum atomic E-state index is -4.79. The lowest BCUT2D eigenvalue weighted by Gasteiger charge is -2.20. The van der Waals surface area contributed by atoms with Crippen LogP contribution in [-0.2, 0) is 20.0 Å². The largest absolute Gasteiger partial charge is 0.428 e. The number of nitrogens with zero attached hydrogens (tertiary/aromatic N) is 3. The van der Waals surface area contributed by atoms with Gasteiger partial charge in [0.05, 0.1) is 19.6 Å². The average molecular weight is 386 g/mol. The Morgan fingerprint density at radius 2 is 1.08 bits per heavy atom. The Morgan fingerprint density at radius 3 is 1.40 bits per heavy atom. The van der Waals surface area contributed by atoms with E-state index in [2.05, 4.69) is 4.13 Å². The van der Waals surface area contributed by atoms with Crippen molar-refractivity contribution in [3.8, 4) is 0 Å². The van der Waals surface area contributed by atoms with Gasteiger partial charge in [-0.15, -0.1) is 0 Å². The first-order valence-electron chi connectivity index (χ1n) is 6.26. The average Bonchev–Trinajstić information content (AvgIpc) is 2.54. The zero-order chi connectivity index (χ0) is 18.8. The molecule has 0 radical (unpaired) electrons. The molecule has 2 aromatic carbocycles. The van der Waals surface area contributed by atoms with E-state index >= 15 is 0 Å². The van der Waals surface area contributed by atoms with Gasteiger partial charge in [-0.3, -0.25) is 20.2 Å². The number of benzene rings is 2. The summed E-state index contributed by atoms with van der Waals surface area (Å²) in [5, 5.41) is 21.4. The van der Waals surface area contributed by atoms with E-state index in [0.717, 1.165) is 36.4 Å². The third kappa shape index (κ3) is 4.14. The smallest absolute Gasteiger partial charge is 0.270 e. The Kier molecular flexibility index (Phi) is 4.82. The molecule has 0 aromatic heterocycles. The molecule has 11 nitrogen and oxygen atoms in total. The van der Waals surface area contributed by atoms with Crippen LogP contribution >= 0.6 is 0 Å². The van der Waals surface area contributed by atoms with Crippen molar-refractivity contribution in [2.24, 2.45) is 0 Å². The highest BCUT2D eigenvalue weighted by Crippen LogP contribution is 2.29. The topological polar surface area (TPSA) is 169 Å². The van der Waals surface area contributed by atoms with Crippen LogP contribution in [0.15, 0.2) is 58.3 Å². The van der Waals surface area contributed by atoms with Gasteiger partial charge in [0.1, 0.15) is 20.0 Å². The van der Waals surface area contributed by atoms with Crippen molar-refractivity contribution in [2.45, 2.75) is 9.79 Å². The van der Waals surface area contributed by atoms with Crippen molar-refractivity contribution in [2.75, 3.05) is 0 Å². The van der Waals surface area contributed by atoms with E-state index in [9.17, 15) is 37.1 Å². The summed E-state index contributed by atoms with van der Waals surface area (Å²) in [5.74, 6) is 0. The standard InChI is InChI=1S/C12H8N3O8S2/c16-14(17)9-3-1-5-11(7-9)24(20,21)13-25(22,23)12-6-2-4-10(8-12)15(18)19/h1-8H/q-1. The van der Waals surface area contributed by atoms with Gasteiger partial charge in [0.25, 0.3) is 11.4 Å². The van der Waals surface area contributed by atoms with Crippen molar-refractivity contribution < 1.29 is 26.7 Å². The summed E-state index contributed by atoms with van der Waals surface area (Å²) in [4.78, 5) is 18.3. The summed E-state index contributed by atoms with van der Waals surface area (Å²) in [7, 11) is -9.58. The van der Waals surface area contributed by atoms with Crippen LogP contribution in [0, 0.1) is 20.2 Å². The molecule has 0 saturated carbocycles. The molecule has 25 heavy (non-hydrogen) atoms. The molecule has 0 fully saturated rings. The number of sulfonamides is 2. The van der Waals surface area contributed by atoms with E-state index in [1.807, 2.05) is 0 Å². The van der Waals surface area contributed by atoms with E-state index in [1.54, 1.807) is 0 Å². The molecule has 0 spiro atoms. The van der Waals surface area contributed by atoms with Gasteiger partial charge in [-0.2, -0.15) is 0 Å². The maximum absolute atomic E-state index is 12.1. The zero-order valence-electron chi connectivity index (χ0n) is 12.0. The summed E-state index contributed by atoms with van der Waals surface area (Å²) in [6, 6.07) is 7.34. The first-order chi connectivity index (χ1) is 11.5. The monoisotopic (exact) mass is 386 g/mol. The molecule has 0 heterocycles. The molecule has 132 valence electrons. The van der Waals surface area contributed by atoms with E-state index in [4.69, 9.17) is 0 Å². The molecular weight excluding hydrogens is 378 g/mol. The highest BCUT2D eigenvalue weighted by atomic mass is 32.3. The third-order valence-electron chi connectivity index (χ3n) is 2.85. The Morgan fingerprint density at radius 1 is 0.720 bits per heavy atom. The molecule has 0 bridgehead atoms. The highest BCUT2D eigenvalue weighted by molar-refractivity contribution is 8.12. The molecule has 0 aliphatic heterocycles. The number of non-ortho nitro benzene ring substituents is 2. The molecule has 0 aliphatic carbocycles. The van der Waals surface area contributed by atoms with Crippen LogP contribution in [0.1, 0.15) is 0 Å². The predicted molar refractivity (Wildman–Crippen MR) is 83.9 cm³/mol. The van der Waals surface area contributed by atoms with Crippen molar-refractivity contribution in [3.05, 3.63) is 72.9 Å². The lowest BCUT2D eigenvalue weighted by molar-refractivity contribution is -0.385. The van der Waals surface area contributed by atoms with Crippen molar-refractivity contribution >= 4 is 31.4 Å². The fourth-order valence-electron chi connectivity index (χ4n) is 1.73. The van der Waals surface area contributed by atoms with E-state index in [1.165, 1.54) is 0 Å². The van der Waals surface area contributed by atoms with E-state index < -0.39 is 51.1 Å². The van der Waals surface area contributed by atoms with E-state index in [-0.39, 0.29) is 0 Å². The van der Waals surface area contributed by atoms with Gasteiger partial charge < -0.3 is 4.13 Å². The van der Waals surface area contributed by atoms with E-state index in [0.29, 0.717) is 12.1 Å². The Labute approximate surface area is 141 Å². The second-order valence-electron chi connectivity index (χ2n) is 4.53. The molecular formula is C12H8N3O8S2-. The number of nitro groups is 2. The van der Waals surface area contributed by atoms with Gasteiger partial charge in [-0.05, 0) is 12.1 Å². The quantitative estimate of drug-likeness (QED) is 0.536. The fraction of sp³-hybridized carbons (Fsp3) is 0. The summed E-state index contributed by atoms with van der Waals surface area (Å²) < 4.78 is 51.2. The van der Waals surface area contributed by atoms with Crippen molar-refractivity contribution in [1.82, 2.24) is 0 Å². The molecule has 0 atom stereocenters. The molecule has 0 saturated heterocycles. The molecule has 13 heteroatoms. The van der Waals surface area contributed by atoms with Gasteiger partial charge >= 0.3 is 0 Å². The number of nitro benzene ring substituents is 2. The zero-order valence-corrected chi connectivity index (χ0v) is 13.7. The van der Waals surface area contributed by atoms with Crippen LogP contribution < -0.4 is 0 Å². The van der Waals surface area contributed by atoms with Gasteiger partial charge in [-0.1, -0.05) is 12.1 Å². The first-order valence-corrected chi connectivity index (χ1v) is 9.14. The summed E-state index contributed by atoms with van der Waals surface area (Å²) in [5.41, 5.74) is -1.13. The van der Waals surface area contributed by atoms with Gasteiger partial charge in [0.2, 0.25) is 0 Å². The second-order valence-corrected chi connectivity index (χ2v) is 7.97. The van der Waals surface area contributed by atoms with Gasteiger partial charge in [-0.25, -0.2) is 16.8 Å². The molecule has 2 aromatic rings. The van der Waals surface area contributed by atoms with Crippen LogP contribution in [0.3, 0.4) is 0 Å². The Balaban J connectivity index is 2.43. The molecule has 2 rings (SSSR count). The Hall–Kier alpha value is -2.90. The van der Waals surface area contributed by atoms with Crippen LogP contribution in [-0.4, -0.2) is 26.7 Å². The SMILES string of the molecule is O=[N+]([O-])c1cccc(S(=O)(=O)[N-]S(=O)(=O)c2cccc([N+](=O)[O-])c2)c1. The van der Waals surface area contributed by atoms with Gasteiger partial charge in [0.15, 0.2) is 0 Å². The fourth-order valence-corrected chi connectivity index (χ4v) is 4.49. The molecule has 0 N–H and O–H groups in total. The van der Waals surface area contributed by atoms with Crippen molar-refractivity contribution in [3.63, 3.8) is 0 Å². The first kappa shape index (κ1) is 18.4. The summed E-state index contributed by atoms with van der Waals surface area (Å²) in [6.07, 6.45) is 0. The minimum Gasteiger partial charge on any atom is -0.428 e. The molecule has 0 aliphatic rings. The van der Waals surface area contributed by atoms with Crippen LogP contribution in [0.5, 0.6) is 0 Å². The number of rotatable bonds is 6. The second kappa shape index (κ2) is 6.54. The predicted octanol–water partition coefficient (Wildman–Crippen LogP) is 1.95. The Bertz CT molecular complexity index is 978. The number of hydrogen-bond donors (Lipinski definition) is 0. The maximum Gasteiger partial charge on any atom is 0.270 e. The highest BCUT2D eigenvalue weighted by Gasteiger charge is 2.17. The molecule has 0 unspecified atom stereocenters. The third-order valence-corrected chi connectivity index (χ3v) is 6.12. The minimum absolute atomic E-state index is 0.566. The van der Waals surface area contributed by atoms with Crippen LogP contribution in [0.4, 0.5) is 11.4 Å².